The molecule has 2 heterocycles. The van der Waals surface area contributed by atoms with Crippen LogP contribution < -0.4 is 19.4 Å². The summed E-state index contributed by atoms with van der Waals surface area (Å²) in [6.45, 7) is 0. The second-order valence-corrected chi connectivity index (χ2v) is 7.64. The van der Waals surface area contributed by atoms with E-state index in [-0.39, 0.29) is 11.8 Å². The van der Waals surface area contributed by atoms with Gasteiger partial charge in [0.25, 0.3) is 5.91 Å². The number of nitrogens with zero attached hydrogens (tertiary/aromatic N) is 2. The number of hydrogen-bond donors (Lipinski definition) is 0. The van der Waals surface area contributed by atoms with Crippen molar-refractivity contribution in [3.8, 4) is 11.5 Å². The molecule has 0 aliphatic carbocycles. The maximum Gasteiger partial charge on any atom is 0.266 e. The van der Waals surface area contributed by atoms with Gasteiger partial charge in [0.15, 0.2) is 6.10 Å². The number of benzene rings is 3. The van der Waals surface area contributed by atoms with Crippen molar-refractivity contribution in [2.75, 3.05) is 24.2 Å². The predicted octanol–water partition coefficient (Wildman–Crippen LogP) is 3.75. The van der Waals surface area contributed by atoms with Crippen molar-refractivity contribution < 1.29 is 23.9 Å². The van der Waals surface area contributed by atoms with Gasteiger partial charge in [-0.2, -0.15) is 0 Å². The first-order chi connectivity index (χ1) is 15.6. The van der Waals surface area contributed by atoms with Crippen LogP contribution in [0.4, 0.5) is 11.4 Å². The topological polar surface area (TPSA) is 68.3 Å². The average Bonchev–Trinajstić information content (AvgIpc) is 3.36. The van der Waals surface area contributed by atoms with E-state index < -0.39 is 18.1 Å². The molecule has 162 valence electrons. The summed E-state index contributed by atoms with van der Waals surface area (Å²) in [6.07, 6.45) is -0.916. The quantitative estimate of drug-likeness (QED) is 0.575. The maximum atomic E-state index is 13.6. The highest BCUT2D eigenvalue weighted by Crippen LogP contribution is 2.48. The Labute approximate surface area is 185 Å². The van der Waals surface area contributed by atoms with Gasteiger partial charge >= 0.3 is 0 Å². The third-order valence-electron chi connectivity index (χ3n) is 5.89. The summed E-state index contributed by atoms with van der Waals surface area (Å²) in [7, 11) is 3.16. The molecule has 0 saturated carbocycles. The fourth-order valence-electron chi connectivity index (χ4n) is 4.36. The van der Waals surface area contributed by atoms with Crippen LogP contribution in [0.5, 0.6) is 11.5 Å². The highest BCUT2D eigenvalue weighted by molar-refractivity contribution is 6.23. The standard InChI is InChI=1S/C25H22N2O5/c1-30-19-13-11-17(12-14-19)26-24(28)21-22(16-7-6-10-20(15-16)31-2)27(32-23(21)25(26)29)18-8-4-3-5-9-18/h3-15,21-23H,1-2H3. The molecule has 3 aromatic rings. The molecule has 2 amide bonds. The van der Waals surface area contributed by atoms with Crippen molar-refractivity contribution in [1.29, 1.82) is 0 Å². The SMILES string of the molecule is COc1ccc(N2C(=O)C3ON(c4ccccc4)C(c4cccc(OC)c4)C3C2=O)cc1. The number of rotatable bonds is 5. The minimum atomic E-state index is -0.916. The minimum Gasteiger partial charge on any atom is -0.497 e. The summed E-state index contributed by atoms with van der Waals surface area (Å²) in [5.41, 5.74) is 2.10. The van der Waals surface area contributed by atoms with Gasteiger partial charge in [0.1, 0.15) is 17.4 Å². The Hall–Kier alpha value is -3.84. The van der Waals surface area contributed by atoms with Crippen LogP contribution in [-0.4, -0.2) is 32.1 Å². The molecule has 2 saturated heterocycles. The molecular weight excluding hydrogens is 408 g/mol. The Morgan fingerprint density at radius 2 is 1.47 bits per heavy atom. The van der Waals surface area contributed by atoms with Gasteiger partial charge in [-0.15, -0.1) is 0 Å². The van der Waals surface area contributed by atoms with Crippen molar-refractivity contribution in [2.45, 2.75) is 12.1 Å². The zero-order valence-electron chi connectivity index (χ0n) is 17.7. The van der Waals surface area contributed by atoms with Crippen LogP contribution in [0.15, 0.2) is 78.9 Å². The molecule has 3 aromatic carbocycles. The lowest BCUT2D eigenvalue weighted by Gasteiger charge is -2.29. The van der Waals surface area contributed by atoms with Gasteiger partial charge in [-0.1, -0.05) is 30.3 Å². The summed E-state index contributed by atoms with van der Waals surface area (Å²) in [4.78, 5) is 34.3. The summed E-state index contributed by atoms with van der Waals surface area (Å²) in [6, 6.07) is 23.3. The number of fused-ring (bicyclic) bond motifs is 1. The van der Waals surface area contributed by atoms with E-state index in [0.717, 1.165) is 11.3 Å². The zero-order chi connectivity index (χ0) is 22.2. The van der Waals surface area contributed by atoms with Crippen molar-refractivity contribution in [1.82, 2.24) is 0 Å². The molecule has 0 spiro atoms. The summed E-state index contributed by atoms with van der Waals surface area (Å²) >= 11 is 0. The summed E-state index contributed by atoms with van der Waals surface area (Å²) in [5.74, 6) is -0.0543. The van der Waals surface area contributed by atoms with Crippen LogP contribution in [0.1, 0.15) is 11.6 Å². The molecule has 2 fully saturated rings. The number of methoxy groups -OCH3 is 2. The number of carbonyl (C=O) groups excluding carboxylic acids is 2. The normalized spacial score (nSPS) is 22.2. The highest BCUT2D eigenvalue weighted by Gasteiger charge is 2.60. The van der Waals surface area contributed by atoms with E-state index in [9.17, 15) is 9.59 Å². The van der Waals surface area contributed by atoms with Crippen molar-refractivity contribution in [3.63, 3.8) is 0 Å². The third-order valence-corrected chi connectivity index (χ3v) is 5.89. The van der Waals surface area contributed by atoms with Crippen molar-refractivity contribution >= 4 is 23.2 Å². The number of carbonyl (C=O) groups is 2. The van der Waals surface area contributed by atoms with Crippen molar-refractivity contribution in [3.05, 3.63) is 84.4 Å². The predicted molar refractivity (Wildman–Crippen MR) is 119 cm³/mol. The largest absolute Gasteiger partial charge is 0.497 e. The van der Waals surface area contributed by atoms with E-state index in [1.54, 1.807) is 43.5 Å². The Bertz CT molecular complexity index is 1150. The van der Waals surface area contributed by atoms with Crippen LogP contribution in [0.2, 0.25) is 0 Å². The van der Waals surface area contributed by atoms with Crippen molar-refractivity contribution in [2.24, 2.45) is 5.92 Å². The second-order valence-electron chi connectivity index (χ2n) is 7.64. The zero-order valence-corrected chi connectivity index (χ0v) is 17.7. The molecule has 7 nitrogen and oxygen atoms in total. The molecule has 0 N–H and O–H groups in total. The van der Waals surface area contributed by atoms with Gasteiger partial charge in [-0.3, -0.25) is 14.4 Å². The second kappa shape index (κ2) is 8.01. The fraction of sp³-hybridized carbons (Fsp3) is 0.200. The number of ether oxygens (including phenoxy) is 2. The summed E-state index contributed by atoms with van der Waals surface area (Å²) < 4.78 is 10.6. The van der Waals surface area contributed by atoms with Crippen LogP contribution in [0, 0.1) is 5.92 Å². The number of imide groups is 1. The van der Waals surface area contributed by atoms with Gasteiger partial charge in [0.05, 0.1) is 31.6 Å². The average molecular weight is 430 g/mol. The van der Waals surface area contributed by atoms with Gasteiger partial charge < -0.3 is 9.47 Å². The molecule has 2 aliphatic rings. The molecule has 0 aromatic heterocycles. The number of para-hydroxylation sites is 1. The lowest BCUT2D eigenvalue weighted by Crippen LogP contribution is -2.37. The molecule has 0 bridgehead atoms. The van der Waals surface area contributed by atoms with Gasteiger partial charge in [-0.05, 0) is 54.1 Å². The van der Waals surface area contributed by atoms with Gasteiger partial charge in [-0.25, -0.2) is 9.96 Å². The van der Waals surface area contributed by atoms with Gasteiger partial charge in [0.2, 0.25) is 5.91 Å². The molecule has 3 atom stereocenters. The molecule has 3 unspecified atom stereocenters. The monoisotopic (exact) mass is 430 g/mol. The number of hydroxylamine groups is 1. The Kier molecular flexibility index (Phi) is 5.03. The molecule has 32 heavy (non-hydrogen) atoms. The van der Waals surface area contributed by atoms with E-state index in [1.165, 1.54) is 4.90 Å². The lowest BCUT2D eigenvalue weighted by molar-refractivity contribution is -0.126. The Balaban J connectivity index is 1.57. The number of amides is 2. The molecule has 0 radical (unpaired) electrons. The smallest absolute Gasteiger partial charge is 0.266 e. The van der Waals surface area contributed by atoms with Crippen LogP contribution in [0.25, 0.3) is 0 Å². The Morgan fingerprint density at radius 3 is 2.16 bits per heavy atom. The first-order valence-electron chi connectivity index (χ1n) is 10.3. The number of anilines is 2. The Morgan fingerprint density at radius 1 is 0.750 bits per heavy atom. The lowest BCUT2D eigenvalue weighted by atomic mass is 9.90. The van der Waals surface area contributed by atoms with E-state index >= 15 is 0 Å². The first kappa shape index (κ1) is 20.1. The van der Waals surface area contributed by atoms with E-state index in [1.807, 2.05) is 54.6 Å². The van der Waals surface area contributed by atoms with E-state index in [0.29, 0.717) is 17.2 Å². The summed E-state index contributed by atoms with van der Waals surface area (Å²) in [5, 5.41) is 1.67. The van der Waals surface area contributed by atoms with Crippen LogP contribution in [-0.2, 0) is 14.4 Å². The third kappa shape index (κ3) is 3.18. The van der Waals surface area contributed by atoms with Crippen LogP contribution in [0.3, 0.4) is 0 Å². The highest BCUT2D eigenvalue weighted by atomic mass is 16.7. The number of hydrogen-bond acceptors (Lipinski definition) is 6. The molecule has 5 rings (SSSR count). The molecule has 2 aliphatic heterocycles. The maximum absolute atomic E-state index is 13.6. The van der Waals surface area contributed by atoms with E-state index in [4.69, 9.17) is 14.3 Å². The first-order valence-corrected chi connectivity index (χ1v) is 10.3. The minimum absolute atomic E-state index is 0.295. The van der Waals surface area contributed by atoms with E-state index in [2.05, 4.69) is 0 Å². The molecule has 7 heteroatoms. The molecular formula is C25H22N2O5. The van der Waals surface area contributed by atoms with Crippen LogP contribution >= 0.6 is 0 Å². The fourth-order valence-corrected chi connectivity index (χ4v) is 4.36. The van der Waals surface area contributed by atoms with Gasteiger partial charge in [0, 0.05) is 0 Å².